The zero-order valence-corrected chi connectivity index (χ0v) is 14.9. The Labute approximate surface area is 156 Å². The summed E-state index contributed by atoms with van der Waals surface area (Å²) in [6.07, 6.45) is 0. The van der Waals surface area contributed by atoms with E-state index in [4.69, 9.17) is 5.73 Å². The Balaban J connectivity index is 1.72. The van der Waals surface area contributed by atoms with Crippen molar-refractivity contribution in [3.05, 3.63) is 91.0 Å². The van der Waals surface area contributed by atoms with Gasteiger partial charge in [0.2, 0.25) is 0 Å². The van der Waals surface area contributed by atoms with E-state index in [1.54, 1.807) is 11.8 Å². The van der Waals surface area contributed by atoms with Crippen LogP contribution in [0.5, 0.6) is 0 Å². The van der Waals surface area contributed by atoms with E-state index >= 15 is 0 Å². The molecule has 4 aromatic carbocycles. The Bertz CT molecular complexity index is 1070. The number of azo groups is 1. The first-order chi connectivity index (χ1) is 12.8. The number of hydrogen-bond donors (Lipinski definition) is 1. The summed E-state index contributed by atoms with van der Waals surface area (Å²) in [6, 6.07) is 30.0. The van der Waals surface area contributed by atoms with Gasteiger partial charge in [0.15, 0.2) is 0 Å². The molecule has 0 aliphatic rings. The summed E-state index contributed by atoms with van der Waals surface area (Å²) in [6.45, 7) is 0. The predicted molar refractivity (Wildman–Crippen MR) is 110 cm³/mol. The molecule has 0 bridgehead atoms. The molecule has 2 N–H and O–H groups in total. The number of anilines is 1. The predicted octanol–water partition coefficient (Wildman–Crippen LogP) is 6.99. The van der Waals surface area contributed by atoms with Crippen LogP contribution in [0.3, 0.4) is 0 Å². The van der Waals surface area contributed by atoms with E-state index in [0.29, 0.717) is 0 Å². The summed E-state index contributed by atoms with van der Waals surface area (Å²) in [5.74, 6) is 0. The van der Waals surface area contributed by atoms with Crippen LogP contribution in [0.15, 0.2) is 111 Å². The second-order valence-electron chi connectivity index (χ2n) is 5.81. The lowest BCUT2D eigenvalue weighted by Gasteiger charge is -2.11. The van der Waals surface area contributed by atoms with Gasteiger partial charge in [-0.2, -0.15) is 5.11 Å². The molecule has 0 fully saturated rings. The van der Waals surface area contributed by atoms with Gasteiger partial charge in [0.1, 0.15) is 0 Å². The van der Waals surface area contributed by atoms with Crippen molar-refractivity contribution in [3.8, 4) is 0 Å². The summed E-state index contributed by atoms with van der Waals surface area (Å²) in [5.41, 5.74) is 8.70. The molecule has 0 radical (unpaired) electrons. The van der Waals surface area contributed by atoms with Crippen molar-refractivity contribution in [1.82, 2.24) is 0 Å². The topological polar surface area (TPSA) is 50.7 Å². The smallest absolute Gasteiger partial charge is 0.0996 e. The van der Waals surface area contributed by atoms with Crippen LogP contribution >= 0.6 is 11.8 Å². The summed E-state index contributed by atoms with van der Waals surface area (Å²) in [4.78, 5) is 2.07. The molecule has 0 saturated heterocycles. The maximum Gasteiger partial charge on any atom is 0.0996 e. The van der Waals surface area contributed by atoms with Gasteiger partial charge >= 0.3 is 0 Å². The first kappa shape index (κ1) is 16.4. The normalized spacial score (nSPS) is 11.2. The molecule has 0 aromatic heterocycles. The number of hydrogen-bond acceptors (Lipinski definition) is 4. The minimum Gasteiger partial charge on any atom is -0.398 e. The summed E-state index contributed by atoms with van der Waals surface area (Å²) in [7, 11) is 0. The fourth-order valence-corrected chi connectivity index (χ4v) is 3.78. The van der Waals surface area contributed by atoms with Crippen molar-refractivity contribution < 1.29 is 0 Å². The lowest BCUT2D eigenvalue weighted by molar-refractivity contribution is 1.19. The van der Waals surface area contributed by atoms with Crippen LogP contribution in [0.4, 0.5) is 17.1 Å². The molecule has 0 unspecified atom stereocenters. The highest BCUT2D eigenvalue weighted by Crippen LogP contribution is 2.41. The lowest BCUT2D eigenvalue weighted by Crippen LogP contribution is -1.89. The highest BCUT2D eigenvalue weighted by molar-refractivity contribution is 7.99. The highest BCUT2D eigenvalue weighted by Gasteiger charge is 2.10. The van der Waals surface area contributed by atoms with Gasteiger partial charge < -0.3 is 5.73 Å². The zero-order chi connectivity index (χ0) is 17.8. The Morgan fingerprint density at radius 1 is 0.654 bits per heavy atom. The van der Waals surface area contributed by atoms with Crippen LogP contribution in [-0.2, 0) is 0 Å². The van der Waals surface area contributed by atoms with Gasteiger partial charge in [0, 0.05) is 15.5 Å². The molecule has 4 heteroatoms. The SMILES string of the molecule is Nc1ccc2ccccc2c1Sc1ccccc1N=Nc1ccccc1. The third-order valence-corrected chi connectivity index (χ3v) is 5.24. The molecule has 0 saturated carbocycles. The van der Waals surface area contributed by atoms with Crippen LogP contribution in [0.25, 0.3) is 10.8 Å². The third-order valence-electron chi connectivity index (χ3n) is 4.02. The Morgan fingerprint density at radius 2 is 1.38 bits per heavy atom. The number of nitrogens with two attached hydrogens (primary N) is 1. The number of benzene rings is 4. The molecule has 26 heavy (non-hydrogen) atoms. The first-order valence-electron chi connectivity index (χ1n) is 8.32. The molecule has 0 spiro atoms. The van der Waals surface area contributed by atoms with Crippen molar-refractivity contribution >= 4 is 39.6 Å². The minimum absolute atomic E-state index is 0.767. The third kappa shape index (κ3) is 3.46. The molecule has 0 heterocycles. The Morgan fingerprint density at radius 3 is 2.27 bits per heavy atom. The lowest BCUT2D eigenvalue weighted by atomic mass is 10.1. The molecular formula is C22H17N3S. The number of fused-ring (bicyclic) bond motifs is 1. The molecule has 4 rings (SSSR count). The van der Waals surface area contributed by atoms with E-state index in [1.807, 2.05) is 72.8 Å². The van der Waals surface area contributed by atoms with E-state index in [9.17, 15) is 0 Å². The second kappa shape index (κ2) is 7.42. The zero-order valence-electron chi connectivity index (χ0n) is 14.0. The number of nitrogens with zero attached hydrogens (tertiary/aromatic N) is 2. The molecule has 0 amide bonds. The maximum absolute atomic E-state index is 6.27. The number of nitrogen functional groups attached to an aromatic ring is 1. The standard InChI is InChI=1S/C22H17N3S/c23-19-15-14-16-8-4-5-11-18(16)22(19)26-21-13-7-6-12-20(21)25-24-17-9-2-1-3-10-17/h1-15H,23H2. The minimum atomic E-state index is 0.767. The van der Waals surface area contributed by atoms with Crippen LogP contribution in [-0.4, -0.2) is 0 Å². The van der Waals surface area contributed by atoms with E-state index in [-0.39, 0.29) is 0 Å². The van der Waals surface area contributed by atoms with Gasteiger partial charge in [0.05, 0.1) is 11.4 Å². The monoisotopic (exact) mass is 355 g/mol. The summed E-state index contributed by atoms with van der Waals surface area (Å²) >= 11 is 1.63. The van der Waals surface area contributed by atoms with E-state index in [0.717, 1.165) is 32.2 Å². The van der Waals surface area contributed by atoms with Crippen LogP contribution in [0.1, 0.15) is 0 Å². The van der Waals surface area contributed by atoms with E-state index in [2.05, 4.69) is 28.4 Å². The fourth-order valence-electron chi connectivity index (χ4n) is 2.72. The largest absolute Gasteiger partial charge is 0.398 e. The van der Waals surface area contributed by atoms with Gasteiger partial charge in [-0.15, -0.1) is 5.11 Å². The Hall–Kier alpha value is -3.11. The molecule has 0 aliphatic carbocycles. The van der Waals surface area contributed by atoms with E-state index < -0.39 is 0 Å². The quantitative estimate of drug-likeness (QED) is 0.317. The summed E-state index contributed by atoms with van der Waals surface area (Å²) in [5, 5.41) is 11.1. The van der Waals surface area contributed by atoms with Crippen molar-refractivity contribution in [2.45, 2.75) is 9.79 Å². The highest BCUT2D eigenvalue weighted by atomic mass is 32.2. The van der Waals surface area contributed by atoms with Crippen molar-refractivity contribution in [3.63, 3.8) is 0 Å². The van der Waals surface area contributed by atoms with Crippen molar-refractivity contribution in [2.75, 3.05) is 5.73 Å². The van der Waals surface area contributed by atoms with Gasteiger partial charge in [-0.3, -0.25) is 0 Å². The molecule has 3 nitrogen and oxygen atoms in total. The van der Waals surface area contributed by atoms with Crippen LogP contribution in [0.2, 0.25) is 0 Å². The Kier molecular flexibility index (Phi) is 4.67. The fraction of sp³-hybridized carbons (Fsp3) is 0. The maximum atomic E-state index is 6.27. The number of rotatable bonds is 4. The molecule has 0 aliphatic heterocycles. The summed E-state index contributed by atoms with van der Waals surface area (Å²) < 4.78 is 0. The second-order valence-corrected chi connectivity index (χ2v) is 6.86. The van der Waals surface area contributed by atoms with E-state index in [1.165, 1.54) is 5.39 Å². The molecular weight excluding hydrogens is 338 g/mol. The van der Waals surface area contributed by atoms with Gasteiger partial charge in [0.25, 0.3) is 0 Å². The average Bonchev–Trinajstić information content (AvgIpc) is 2.70. The average molecular weight is 355 g/mol. The van der Waals surface area contributed by atoms with Gasteiger partial charge in [-0.05, 0) is 41.1 Å². The first-order valence-corrected chi connectivity index (χ1v) is 9.14. The van der Waals surface area contributed by atoms with Crippen LogP contribution in [0, 0.1) is 0 Å². The van der Waals surface area contributed by atoms with Crippen LogP contribution < -0.4 is 5.73 Å². The van der Waals surface area contributed by atoms with Crippen molar-refractivity contribution in [1.29, 1.82) is 0 Å². The van der Waals surface area contributed by atoms with Gasteiger partial charge in [-0.25, -0.2) is 0 Å². The van der Waals surface area contributed by atoms with Gasteiger partial charge in [-0.1, -0.05) is 72.4 Å². The van der Waals surface area contributed by atoms with Crippen molar-refractivity contribution in [2.24, 2.45) is 10.2 Å². The molecule has 0 atom stereocenters. The molecule has 126 valence electrons. The molecule has 4 aromatic rings.